The molecule has 1 aromatic rings. The van der Waals surface area contributed by atoms with E-state index in [1.165, 1.54) is 0 Å². The van der Waals surface area contributed by atoms with E-state index in [-0.39, 0.29) is 37.5 Å². The molecule has 0 aromatic heterocycles. The predicted octanol–water partition coefficient (Wildman–Crippen LogP) is 2.35. The molecule has 36 heavy (non-hydrogen) atoms. The van der Waals surface area contributed by atoms with Gasteiger partial charge in [-0.05, 0) is 61.5 Å². The van der Waals surface area contributed by atoms with Crippen LogP contribution in [0.4, 0.5) is 9.59 Å². The molecule has 0 aliphatic carbocycles. The Morgan fingerprint density at radius 2 is 0.889 bits per heavy atom. The summed E-state index contributed by atoms with van der Waals surface area (Å²) in [4.78, 5) is 75.9. The van der Waals surface area contributed by atoms with Gasteiger partial charge < -0.3 is 0 Å². The Kier molecular flexibility index (Phi) is 7.96. The zero-order chi connectivity index (χ0) is 26.7. The van der Waals surface area contributed by atoms with Crippen LogP contribution in [0.15, 0.2) is 24.3 Å². The second kappa shape index (κ2) is 10.6. The molecule has 0 bridgehead atoms. The maximum absolute atomic E-state index is 13.1. The van der Waals surface area contributed by atoms with E-state index >= 15 is 0 Å². The first kappa shape index (κ1) is 27.0. The normalized spacial score (nSPS) is 19.2. The van der Waals surface area contributed by atoms with E-state index < -0.39 is 46.5 Å². The second-order valence-corrected chi connectivity index (χ2v) is 10.6. The van der Waals surface area contributed by atoms with Gasteiger partial charge in [0.2, 0.25) is 23.6 Å². The lowest BCUT2D eigenvalue weighted by molar-refractivity contribution is -0.147. The number of carbonyl (C=O) groups is 6. The summed E-state index contributed by atoms with van der Waals surface area (Å²) in [7, 11) is 0. The molecular weight excluding hydrogens is 464 g/mol. The Balaban J connectivity index is 2.02. The van der Waals surface area contributed by atoms with Crippen molar-refractivity contribution in [2.75, 3.05) is 0 Å². The molecule has 0 atom stereocenters. The molecule has 10 heteroatoms. The van der Waals surface area contributed by atoms with Crippen LogP contribution in [0.5, 0.6) is 0 Å². The number of rotatable bonds is 10. The SMILES string of the molecule is CC(C)CCC1(Cc2ccccc2CC2(CCC(C)C)C(=O)NC(=O)NC2=O)C(=O)NC(=O)NC1=O. The average molecular weight is 499 g/mol. The standard InChI is InChI=1S/C26H34N4O6/c1-15(2)9-11-25(19(31)27-23(35)28-20(25)32)13-17-7-5-6-8-18(17)14-26(12-10-16(3)4)21(33)29-24(36)30-22(26)34/h5-8,15-16H,9-14H2,1-4H3,(H2,27,28,31,32,35)(H2,29,30,33,34,36). The Hall–Kier alpha value is -3.56. The van der Waals surface area contributed by atoms with E-state index in [2.05, 4.69) is 21.3 Å². The van der Waals surface area contributed by atoms with E-state index in [1.54, 1.807) is 24.3 Å². The number of benzene rings is 1. The molecule has 2 aliphatic heterocycles. The Morgan fingerprint density at radius 1 is 0.583 bits per heavy atom. The number of hydrogen-bond donors (Lipinski definition) is 4. The van der Waals surface area contributed by atoms with Crippen molar-refractivity contribution in [3.8, 4) is 0 Å². The molecule has 0 radical (unpaired) electrons. The largest absolute Gasteiger partial charge is 0.328 e. The van der Waals surface area contributed by atoms with Gasteiger partial charge in [-0.2, -0.15) is 0 Å². The van der Waals surface area contributed by atoms with E-state index in [4.69, 9.17) is 0 Å². The van der Waals surface area contributed by atoms with Crippen molar-refractivity contribution in [3.05, 3.63) is 35.4 Å². The molecule has 10 nitrogen and oxygen atoms in total. The van der Waals surface area contributed by atoms with Gasteiger partial charge in [-0.15, -0.1) is 0 Å². The smallest absolute Gasteiger partial charge is 0.277 e. The van der Waals surface area contributed by atoms with Crippen LogP contribution in [0.25, 0.3) is 0 Å². The number of imide groups is 4. The Labute approximate surface area is 210 Å². The molecule has 2 aliphatic rings. The van der Waals surface area contributed by atoms with Gasteiger partial charge in [-0.1, -0.05) is 52.0 Å². The second-order valence-electron chi connectivity index (χ2n) is 10.6. The first-order chi connectivity index (χ1) is 16.9. The van der Waals surface area contributed by atoms with E-state index in [1.807, 2.05) is 27.7 Å². The third-order valence-corrected chi connectivity index (χ3v) is 7.05. The summed E-state index contributed by atoms with van der Waals surface area (Å²) in [6.07, 6.45) is 1.56. The summed E-state index contributed by atoms with van der Waals surface area (Å²) in [6, 6.07) is 5.30. The molecular formula is C26H34N4O6. The molecule has 194 valence electrons. The van der Waals surface area contributed by atoms with Gasteiger partial charge >= 0.3 is 12.1 Å². The minimum atomic E-state index is -1.52. The molecule has 3 rings (SSSR count). The maximum Gasteiger partial charge on any atom is 0.328 e. The molecule has 2 heterocycles. The molecule has 8 amide bonds. The molecule has 0 unspecified atom stereocenters. The van der Waals surface area contributed by atoms with Crippen LogP contribution >= 0.6 is 0 Å². The van der Waals surface area contributed by atoms with Gasteiger partial charge in [0.05, 0.1) is 0 Å². The predicted molar refractivity (Wildman–Crippen MR) is 130 cm³/mol. The number of amides is 8. The highest BCUT2D eigenvalue weighted by Gasteiger charge is 2.52. The molecule has 1 aromatic carbocycles. The lowest BCUT2D eigenvalue weighted by atomic mass is 9.70. The number of urea groups is 2. The summed E-state index contributed by atoms with van der Waals surface area (Å²) < 4.78 is 0. The highest BCUT2D eigenvalue weighted by molar-refractivity contribution is 6.20. The van der Waals surface area contributed by atoms with E-state index in [0.717, 1.165) is 0 Å². The van der Waals surface area contributed by atoms with E-state index in [0.29, 0.717) is 24.0 Å². The molecule has 0 saturated carbocycles. The van der Waals surface area contributed by atoms with Crippen LogP contribution in [-0.2, 0) is 32.0 Å². The summed E-state index contributed by atoms with van der Waals surface area (Å²) >= 11 is 0. The van der Waals surface area contributed by atoms with Gasteiger partial charge in [0.25, 0.3) is 0 Å². The maximum atomic E-state index is 13.1. The molecule has 2 fully saturated rings. The average Bonchev–Trinajstić information content (AvgIpc) is 2.78. The summed E-state index contributed by atoms with van der Waals surface area (Å²) in [5.74, 6) is -2.25. The van der Waals surface area contributed by atoms with Crippen molar-refractivity contribution in [2.24, 2.45) is 22.7 Å². The zero-order valence-electron chi connectivity index (χ0n) is 21.2. The van der Waals surface area contributed by atoms with E-state index in [9.17, 15) is 28.8 Å². The fourth-order valence-electron chi connectivity index (χ4n) is 4.73. The molecule has 2 saturated heterocycles. The monoisotopic (exact) mass is 498 g/mol. The lowest BCUT2D eigenvalue weighted by Gasteiger charge is -2.37. The number of hydrogen-bond acceptors (Lipinski definition) is 6. The van der Waals surface area contributed by atoms with Crippen molar-refractivity contribution in [1.82, 2.24) is 21.3 Å². The molecule has 0 spiro atoms. The van der Waals surface area contributed by atoms with Crippen molar-refractivity contribution in [2.45, 2.75) is 66.2 Å². The number of barbiturate groups is 2. The van der Waals surface area contributed by atoms with Crippen LogP contribution in [0, 0.1) is 22.7 Å². The van der Waals surface area contributed by atoms with Crippen LogP contribution in [0.1, 0.15) is 64.5 Å². The minimum absolute atomic E-state index is 0.0106. The summed E-state index contributed by atoms with van der Waals surface area (Å²) in [5.41, 5.74) is -1.82. The lowest BCUT2D eigenvalue weighted by Crippen LogP contribution is -2.63. The van der Waals surface area contributed by atoms with Gasteiger partial charge in [-0.25, -0.2) is 9.59 Å². The fraction of sp³-hybridized carbons (Fsp3) is 0.538. The Morgan fingerprint density at radius 3 is 1.17 bits per heavy atom. The quantitative estimate of drug-likeness (QED) is 0.364. The zero-order valence-corrected chi connectivity index (χ0v) is 21.2. The van der Waals surface area contributed by atoms with Crippen molar-refractivity contribution in [3.63, 3.8) is 0 Å². The third-order valence-electron chi connectivity index (χ3n) is 7.05. The van der Waals surface area contributed by atoms with Crippen LogP contribution in [0.3, 0.4) is 0 Å². The fourth-order valence-corrected chi connectivity index (χ4v) is 4.73. The van der Waals surface area contributed by atoms with Gasteiger partial charge in [-0.3, -0.25) is 40.4 Å². The van der Waals surface area contributed by atoms with Crippen LogP contribution < -0.4 is 21.3 Å². The van der Waals surface area contributed by atoms with Gasteiger partial charge in [0.15, 0.2) is 0 Å². The topological polar surface area (TPSA) is 151 Å². The first-order valence-corrected chi connectivity index (χ1v) is 12.3. The van der Waals surface area contributed by atoms with Crippen molar-refractivity contribution >= 4 is 35.7 Å². The summed E-state index contributed by atoms with van der Waals surface area (Å²) in [5, 5.41) is 8.92. The highest BCUT2D eigenvalue weighted by atomic mass is 16.2. The van der Waals surface area contributed by atoms with Crippen LogP contribution in [-0.4, -0.2) is 35.7 Å². The third kappa shape index (κ3) is 5.47. The number of carbonyl (C=O) groups excluding carboxylic acids is 6. The summed E-state index contributed by atoms with van der Waals surface area (Å²) in [6.45, 7) is 7.91. The Bertz CT molecular complexity index is 969. The van der Waals surface area contributed by atoms with Gasteiger partial charge in [0, 0.05) is 0 Å². The minimum Gasteiger partial charge on any atom is -0.277 e. The molecule has 4 N–H and O–H groups in total. The first-order valence-electron chi connectivity index (χ1n) is 12.3. The number of nitrogens with one attached hydrogen (secondary N) is 4. The van der Waals surface area contributed by atoms with Crippen molar-refractivity contribution < 1.29 is 28.8 Å². The van der Waals surface area contributed by atoms with Crippen LogP contribution in [0.2, 0.25) is 0 Å². The van der Waals surface area contributed by atoms with Crippen molar-refractivity contribution in [1.29, 1.82) is 0 Å². The van der Waals surface area contributed by atoms with Gasteiger partial charge in [0.1, 0.15) is 10.8 Å². The highest BCUT2D eigenvalue weighted by Crippen LogP contribution is 2.38.